The van der Waals surface area contributed by atoms with Crippen molar-refractivity contribution in [1.29, 1.82) is 5.26 Å². The van der Waals surface area contributed by atoms with E-state index in [1.165, 1.54) is 6.07 Å². The van der Waals surface area contributed by atoms with Crippen LogP contribution < -0.4 is 11.1 Å². The first-order valence-electron chi connectivity index (χ1n) is 5.55. The number of anilines is 2. The normalized spacial score (nSPS) is 10.8. The average Bonchev–Trinajstić information content (AvgIpc) is 2.28. The van der Waals surface area contributed by atoms with Crippen molar-refractivity contribution < 1.29 is 9.53 Å². The maximum Gasteiger partial charge on any atom is 0.250 e. The van der Waals surface area contributed by atoms with E-state index in [2.05, 4.69) is 5.32 Å². The van der Waals surface area contributed by atoms with E-state index in [0.717, 1.165) is 0 Å². The highest BCUT2D eigenvalue weighted by molar-refractivity contribution is 5.93. The quantitative estimate of drug-likeness (QED) is 0.798. The van der Waals surface area contributed by atoms with E-state index in [0.29, 0.717) is 16.9 Å². The standard InChI is InChI=1S/C13H17N3O2/c1-13(2,3)18-8-12(17)16-11-5-4-10(15)6-9(11)7-14/h4-6H,8,15H2,1-3H3,(H,16,17). The van der Waals surface area contributed by atoms with Crippen LogP contribution in [0.1, 0.15) is 26.3 Å². The van der Waals surface area contributed by atoms with Crippen LogP contribution in [0.15, 0.2) is 18.2 Å². The van der Waals surface area contributed by atoms with E-state index in [4.69, 9.17) is 15.7 Å². The molecule has 5 nitrogen and oxygen atoms in total. The Morgan fingerprint density at radius 2 is 2.17 bits per heavy atom. The lowest BCUT2D eigenvalue weighted by atomic mass is 10.1. The topological polar surface area (TPSA) is 88.1 Å². The summed E-state index contributed by atoms with van der Waals surface area (Å²) in [5.74, 6) is -0.300. The lowest BCUT2D eigenvalue weighted by Crippen LogP contribution is -2.27. The molecule has 0 aliphatic carbocycles. The van der Waals surface area contributed by atoms with Crippen LogP contribution in [0.25, 0.3) is 0 Å². The molecule has 0 atom stereocenters. The molecule has 96 valence electrons. The van der Waals surface area contributed by atoms with Crippen LogP contribution in [-0.4, -0.2) is 18.1 Å². The first kappa shape index (κ1) is 14.0. The fourth-order valence-electron chi connectivity index (χ4n) is 1.23. The van der Waals surface area contributed by atoms with Crippen LogP contribution in [0.4, 0.5) is 11.4 Å². The monoisotopic (exact) mass is 247 g/mol. The summed E-state index contributed by atoms with van der Waals surface area (Å²) in [6, 6.07) is 6.72. The van der Waals surface area contributed by atoms with Gasteiger partial charge in [0.2, 0.25) is 5.91 Å². The predicted molar refractivity (Wildman–Crippen MR) is 69.9 cm³/mol. The Morgan fingerprint density at radius 1 is 1.50 bits per heavy atom. The van der Waals surface area contributed by atoms with E-state index < -0.39 is 0 Å². The van der Waals surface area contributed by atoms with E-state index >= 15 is 0 Å². The minimum atomic E-state index is -0.378. The maximum atomic E-state index is 11.6. The van der Waals surface area contributed by atoms with Crippen LogP contribution in [0.5, 0.6) is 0 Å². The molecule has 1 aromatic rings. The third-order valence-corrected chi connectivity index (χ3v) is 2.07. The van der Waals surface area contributed by atoms with Crippen molar-refractivity contribution in [3.8, 4) is 6.07 Å². The Balaban J connectivity index is 2.68. The molecule has 0 aliphatic rings. The molecule has 0 unspecified atom stereocenters. The molecule has 0 radical (unpaired) electrons. The van der Waals surface area contributed by atoms with Gasteiger partial charge in [0.25, 0.3) is 0 Å². The second-order valence-electron chi connectivity index (χ2n) is 4.87. The minimum absolute atomic E-state index is 0.0568. The fraction of sp³-hybridized carbons (Fsp3) is 0.385. The molecule has 5 heteroatoms. The molecule has 1 amide bonds. The van der Waals surface area contributed by atoms with Crippen molar-refractivity contribution in [3.05, 3.63) is 23.8 Å². The van der Waals surface area contributed by atoms with Gasteiger partial charge >= 0.3 is 0 Å². The molecule has 0 saturated carbocycles. The minimum Gasteiger partial charge on any atom is -0.399 e. The first-order chi connectivity index (χ1) is 8.31. The van der Waals surface area contributed by atoms with Crippen LogP contribution in [0, 0.1) is 11.3 Å². The third kappa shape index (κ3) is 4.44. The summed E-state index contributed by atoms with van der Waals surface area (Å²) in [5, 5.41) is 11.5. The molecular formula is C13H17N3O2. The number of nitriles is 1. The summed E-state index contributed by atoms with van der Waals surface area (Å²) in [7, 11) is 0. The summed E-state index contributed by atoms with van der Waals surface area (Å²) in [4.78, 5) is 11.6. The number of nitrogen functional groups attached to an aromatic ring is 1. The van der Waals surface area contributed by atoms with Crippen molar-refractivity contribution in [2.45, 2.75) is 26.4 Å². The number of nitrogens with zero attached hydrogens (tertiary/aromatic N) is 1. The molecule has 18 heavy (non-hydrogen) atoms. The van der Waals surface area contributed by atoms with Crippen LogP contribution in [0.2, 0.25) is 0 Å². The van der Waals surface area contributed by atoms with Gasteiger partial charge in [0.1, 0.15) is 12.7 Å². The lowest BCUT2D eigenvalue weighted by Gasteiger charge is -2.19. The van der Waals surface area contributed by atoms with E-state index in [1.54, 1.807) is 12.1 Å². The summed E-state index contributed by atoms with van der Waals surface area (Å²) < 4.78 is 5.34. The number of carbonyl (C=O) groups is 1. The van der Waals surface area contributed by atoms with Gasteiger partial charge in [-0.05, 0) is 39.0 Å². The second-order valence-corrected chi connectivity index (χ2v) is 4.87. The Morgan fingerprint density at radius 3 is 2.72 bits per heavy atom. The Kier molecular flexibility index (Phi) is 4.29. The number of ether oxygens (including phenoxy) is 1. The van der Waals surface area contributed by atoms with Gasteiger partial charge in [-0.2, -0.15) is 5.26 Å². The average molecular weight is 247 g/mol. The predicted octanol–water partition coefficient (Wildman–Crippen LogP) is 1.89. The highest BCUT2D eigenvalue weighted by Gasteiger charge is 2.13. The first-order valence-corrected chi connectivity index (χ1v) is 5.55. The number of rotatable bonds is 3. The summed E-state index contributed by atoms with van der Waals surface area (Å²) in [6.07, 6.45) is 0. The SMILES string of the molecule is CC(C)(C)OCC(=O)Nc1ccc(N)cc1C#N. The molecular weight excluding hydrogens is 230 g/mol. The highest BCUT2D eigenvalue weighted by atomic mass is 16.5. The second kappa shape index (κ2) is 5.52. The number of nitrogens with two attached hydrogens (primary N) is 1. The molecule has 0 bridgehead atoms. The van der Waals surface area contributed by atoms with Crippen LogP contribution in [0.3, 0.4) is 0 Å². The number of carbonyl (C=O) groups excluding carboxylic acids is 1. The van der Waals surface area contributed by atoms with Gasteiger partial charge in [-0.25, -0.2) is 0 Å². The Labute approximate surface area is 107 Å². The van der Waals surface area contributed by atoms with Gasteiger partial charge in [-0.15, -0.1) is 0 Å². The summed E-state index contributed by atoms with van der Waals surface area (Å²) in [6.45, 7) is 5.54. The van der Waals surface area contributed by atoms with E-state index in [-0.39, 0.29) is 18.1 Å². The number of amides is 1. The van der Waals surface area contributed by atoms with Crippen molar-refractivity contribution >= 4 is 17.3 Å². The number of benzene rings is 1. The molecule has 0 aromatic heterocycles. The Hall–Kier alpha value is -2.06. The summed E-state index contributed by atoms with van der Waals surface area (Å²) in [5.41, 5.74) is 6.44. The van der Waals surface area contributed by atoms with Crippen molar-refractivity contribution in [2.24, 2.45) is 0 Å². The van der Waals surface area contributed by atoms with Crippen molar-refractivity contribution in [2.75, 3.05) is 17.7 Å². The Bertz CT molecular complexity index is 484. The number of hydrogen-bond donors (Lipinski definition) is 2. The van der Waals surface area contributed by atoms with Gasteiger partial charge < -0.3 is 15.8 Å². The molecule has 3 N–H and O–H groups in total. The third-order valence-electron chi connectivity index (χ3n) is 2.07. The molecule has 0 aliphatic heterocycles. The van der Waals surface area contributed by atoms with Crippen LogP contribution >= 0.6 is 0 Å². The fourth-order valence-corrected chi connectivity index (χ4v) is 1.23. The molecule has 0 heterocycles. The molecule has 1 rings (SSSR count). The van der Waals surface area contributed by atoms with Crippen molar-refractivity contribution in [3.63, 3.8) is 0 Å². The van der Waals surface area contributed by atoms with Crippen LogP contribution in [-0.2, 0) is 9.53 Å². The number of hydrogen-bond acceptors (Lipinski definition) is 4. The smallest absolute Gasteiger partial charge is 0.250 e. The summed E-state index contributed by atoms with van der Waals surface area (Å²) >= 11 is 0. The largest absolute Gasteiger partial charge is 0.399 e. The zero-order chi connectivity index (χ0) is 13.8. The lowest BCUT2D eigenvalue weighted by molar-refractivity contribution is -0.125. The highest BCUT2D eigenvalue weighted by Crippen LogP contribution is 2.18. The maximum absolute atomic E-state index is 11.6. The van der Waals surface area contributed by atoms with Gasteiger partial charge in [0.15, 0.2) is 0 Å². The molecule has 1 aromatic carbocycles. The zero-order valence-electron chi connectivity index (χ0n) is 10.8. The molecule has 0 spiro atoms. The van der Waals surface area contributed by atoms with Gasteiger partial charge in [0, 0.05) is 5.69 Å². The van der Waals surface area contributed by atoms with Gasteiger partial charge in [-0.1, -0.05) is 0 Å². The van der Waals surface area contributed by atoms with Gasteiger partial charge in [-0.3, -0.25) is 4.79 Å². The zero-order valence-corrected chi connectivity index (χ0v) is 10.8. The number of nitrogens with one attached hydrogen (secondary N) is 1. The van der Waals surface area contributed by atoms with E-state index in [9.17, 15) is 4.79 Å². The van der Waals surface area contributed by atoms with E-state index in [1.807, 2.05) is 26.8 Å². The molecule has 0 fully saturated rings. The molecule has 0 saturated heterocycles. The van der Waals surface area contributed by atoms with Crippen molar-refractivity contribution in [1.82, 2.24) is 0 Å². The van der Waals surface area contributed by atoms with Gasteiger partial charge in [0.05, 0.1) is 16.9 Å².